The fourth-order valence-corrected chi connectivity index (χ4v) is 1.82. The lowest BCUT2D eigenvalue weighted by atomic mass is 10.1. The maximum Gasteiger partial charge on any atom is 0.378 e. The molecule has 1 aromatic carbocycles. The standard InChI is InChI=1S/C14H16N4O3/c1-8-5-6-12(7-9(8)2)18-13(14(20)21-17-18)10(3)15-16-11(4)19/h5-7,17H,1-4H3/b13-10+,16-15?. The lowest BCUT2D eigenvalue weighted by Crippen LogP contribution is -2.29. The average molecular weight is 288 g/mol. The first-order valence-corrected chi connectivity index (χ1v) is 6.37. The molecule has 0 unspecified atom stereocenters. The van der Waals surface area contributed by atoms with E-state index in [0.717, 1.165) is 16.8 Å². The number of aryl methyl sites for hydroxylation is 2. The Balaban J connectivity index is 2.42. The van der Waals surface area contributed by atoms with Gasteiger partial charge in [-0.05, 0) is 44.0 Å². The molecule has 1 aliphatic rings. The number of hydrazine groups is 1. The van der Waals surface area contributed by atoms with Crippen LogP contribution in [-0.2, 0) is 14.4 Å². The second kappa shape index (κ2) is 5.84. The summed E-state index contributed by atoms with van der Waals surface area (Å²) in [5.41, 5.74) is 5.97. The summed E-state index contributed by atoms with van der Waals surface area (Å²) in [6, 6.07) is 5.71. The minimum atomic E-state index is -0.576. The minimum Gasteiger partial charge on any atom is -0.345 e. The van der Waals surface area contributed by atoms with Crippen molar-refractivity contribution in [2.45, 2.75) is 27.7 Å². The maximum absolute atomic E-state index is 11.8. The largest absolute Gasteiger partial charge is 0.378 e. The van der Waals surface area contributed by atoms with Crippen molar-refractivity contribution in [2.24, 2.45) is 10.2 Å². The Morgan fingerprint density at radius 2 is 1.90 bits per heavy atom. The van der Waals surface area contributed by atoms with Crippen molar-refractivity contribution < 1.29 is 14.4 Å². The van der Waals surface area contributed by atoms with Crippen LogP contribution in [0.2, 0.25) is 0 Å². The topological polar surface area (TPSA) is 83.4 Å². The fourth-order valence-electron chi connectivity index (χ4n) is 1.82. The third-order valence-corrected chi connectivity index (χ3v) is 3.08. The molecule has 0 radical (unpaired) electrons. The van der Waals surface area contributed by atoms with Crippen LogP contribution in [0.3, 0.4) is 0 Å². The summed E-state index contributed by atoms with van der Waals surface area (Å²) in [5.74, 6) is -1.01. The third kappa shape index (κ3) is 3.14. The predicted octanol–water partition coefficient (Wildman–Crippen LogP) is 2.32. The van der Waals surface area contributed by atoms with Gasteiger partial charge in [-0.25, -0.2) is 9.80 Å². The molecule has 7 heteroatoms. The van der Waals surface area contributed by atoms with Crippen molar-refractivity contribution in [1.29, 1.82) is 0 Å². The van der Waals surface area contributed by atoms with Crippen LogP contribution in [-0.4, -0.2) is 11.9 Å². The van der Waals surface area contributed by atoms with Crippen molar-refractivity contribution in [3.63, 3.8) is 0 Å². The molecule has 0 spiro atoms. The minimum absolute atomic E-state index is 0.197. The molecule has 1 heterocycles. The Bertz CT molecular complexity index is 664. The van der Waals surface area contributed by atoms with Gasteiger partial charge in [0.15, 0.2) is 5.70 Å². The fraction of sp³-hybridized carbons (Fsp3) is 0.286. The van der Waals surface area contributed by atoms with Gasteiger partial charge < -0.3 is 4.84 Å². The third-order valence-electron chi connectivity index (χ3n) is 3.08. The number of hydrogen-bond acceptors (Lipinski definition) is 6. The van der Waals surface area contributed by atoms with E-state index in [1.54, 1.807) is 6.92 Å². The van der Waals surface area contributed by atoms with Crippen molar-refractivity contribution >= 4 is 17.6 Å². The van der Waals surface area contributed by atoms with Crippen LogP contribution < -0.4 is 10.6 Å². The number of benzene rings is 1. The number of rotatable bonds is 2. The summed E-state index contributed by atoms with van der Waals surface area (Å²) in [7, 11) is 0. The molecule has 7 nitrogen and oxygen atoms in total. The smallest absolute Gasteiger partial charge is 0.345 e. The molecule has 1 saturated heterocycles. The van der Waals surface area contributed by atoms with Crippen LogP contribution in [0.5, 0.6) is 0 Å². The van der Waals surface area contributed by atoms with Crippen LogP contribution in [0.1, 0.15) is 25.0 Å². The van der Waals surface area contributed by atoms with Crippen LogP contribution in [0.4, 0.5) is 5.69 Å². The first-order valence-electron chi connectivity index (χ1n) is 6.37. The van der Waals surface area contributed by atoms with E-state index in [1.807, 2.05) is 32.0 Å². The predicted molar refractivity (Wildman–Crippen MR) is 75.9 cm³/mol. The molecule has 1 N–H and O–H groups in total. The number of allylic oxidation sites excluding steroid dienone is 1. The van der Waals surface area contributed by atoms with E-state index in [9.17, 15) is 9.59 Å². The number of amides is 1. The lowest BCUT2D eigenvalue weighted by Gasteiger charge is -2.17. The number of carbonyl (C=O) groups excluding carboxylic acids is 2. The number of nitrogens with zero attached hydrogens (tertiary/aromatic N) is 3. The van der Waals surface area contributed by atoms with Crippen molar-refractivity contribution in [2.75, 3.05) is 5.01 Å². The summed E-state index contributed by atoms with van der Waals surface area (Å²) in [6.45, 7) is 6.85. The molecule has 1 aromatic rings. The highest BCUT2D eigenvalue weighted by atomic mass is 16.7. The first kappa shape index (κ1) is 14.9. The van der Waals surface area contributed by atoms with Gasteiger partial charge in [-0.1, -0.05) is 11.7 Å². The highest BCUT2D eigenvalue weighted by Gasteiger charge is 2.31. The SMILES string of the molecule is CC(=O)N=N/C(C)=C1\C(=O)ONN1c1ccc(C)c(C)c1. The monoisotopic (exact) mass is 288 g/mol. The molecule has 0 atom stereocenters. The van der Waals surface area contributed by atoms with Crippen molar-refractivity contribution in [1.82, 2.24) is 5.59 Å². The lowest BCUT2D eigenvalue weighted by molar-refractivity contribution is -0.140. The summed E-state index contributed by atoms with van der Waals surface area (Å²) in [6.07, 6.45) is 0. The Labute approximate surface area is 122 Å². The van der Waals surface area contributed by atoms with Gasteiger partial charge >= 0.3 is 5.97 Å². The summed E-state index contributed by atoms with van der Waals surface area (Å²) < 4.78 is 0. The first-order chi connectivity index (χ1) is 9.90. The van der Waals surface area contributed by atoms with E-state index in [-0.39, 0.29) is 5.70 Å². The van der Waals surface area contributed by atoms with E-state index in [1.165, 1.54) is 11.9 Å². The van der Waals surface area contributed by atoms with Gasteiger partial charge in [0, 0.05) is 6.92 Å². The molecule has 0 aliphatic carbocycles. The normalized spacial score (nSPS) is 17.3. The van der Waals surface area contributed by atoms with E-state index >= 15 is 0 Å². The van der Waals surface area contributed by atoms with E-state index in [4.69, 9.17) is 4.84 Å². The summed E-state index contributed by atoms with van der Waals surface area (Å²) >= 11 is 0. The second-order valence-electron chi connectivity index (χ2n) is 4.74. The highest BCUT2D eigenvalue weighted by molar-refractivity contribution is 5.95. The van der Waals surface area contributed by atoms with Crippen molar-refractivity contribution in [3.8, 4) is 0 Å². The molecule has 0 aromatic heterocycles. The molecule has 0 saturated carbocycles. The number of azo groups is 1. The Morgan fingerprint density at radius 1 is 1.19 bits per heavy atom. The molecule has 110 valence electrons. The van der Waals surface area contributed by atoms with Gasteiger partial charge in [-0.3, -0.25) is 4.79 Å². The van der Waals surface area contributed by atoms with E-state index in [2.05, 4.69) is 15.8 Å². The highest BCUT2D eigenvalue weighted by Crippen LogP contribution is 2.26. The zero-order valence-corrected chi connectivity index (χ0v) is 12.3. The quantitative estimate of drug-likeness (QED) is 0.667. The zero-order chi connectivity index (χ0) is 15.6. The van der Waals surface area contributed by atoms with Gasteiger partial charge in [-0.2, -0.15) is 0 Å². The number of nitrogens with one attached hydrogen (secondary N) is 1. The van der Waals surface area contributed by atoms with Crippen LogP contribution >= 0.6 is 0 Å². The van der Waals surface area contributed by atoms with Crippen LogP contribution in [0, 0.1) is 13.8 Å². The van der Waals surface area contributed by atoms with Crippen molar-refractivity contribution in [3.05, 3.63) is 40.7 Å². The molecule has 1 fully saturated rings. The average Bonchev–Trinajstić information content (AvgIpc) is 2.81. The van der Waals surface area contributed by atoms with Gasteiger partial charge in [0.2, 0.25) is 0 Å². The Morgan fingerprint density at radius 3 is 2.52 bits per heavy atom. The number of anilines is 1. The Hall–Kier alpha value is -2.54. The maximum atomic E-state index is 11.8. The molecule has 21 heavy (non-hydrogen) atoms. The van der Waals surface area contributed by atoms with E-state index < -0.39 is 11.9 Å². The van der Waals surface area contributed by atoms with Gasteiger partial charge in [0.1, 0.15) is 0 Å². The molecular weight excluding hydrogens is 272 g/mol. The molecule has 1 amide bonds. The van der Waals surface area contributed by atoms with E-state index in [0.29, 0.717) is 5.70 Å². The summed E-state index contributed by atoms with van der Waals surface area (Å²) in [4.78, 5) is 27.5. The molecule has 1 aliphatic heterocycles. The number of hydrogen-bond donors (Lipinski definition) is 1. The van der Waals surface area contributed by atoms with Gasteiger partial charge in [0.25, 0.3) is 5.91 Å². The zero-order valence-electron chi connectivity index (χ0n) is 12.3. The molecular formula is C14H16N4O3. The van der Waals surface area contributed by atoms with Gasteiger partial charge in [0.05, 0.1) is 11.4 Å². The van der Waals surface area contributed by atoms with Gasteiger partial charge in [-0.15, -0.1) is 10.2 Å². The second-order valence-corrected chi connectivity index (χ2v) is 4.74. The van der Waals surface area contributed by atoms with Crippen LogP contribution in [0.25, 0.3) is 0 Å². The Kier molecular flexibility index (Phi) is 4.13. The van der Waals surface area contributed by atoms with Crippen LogP contribution in [0.15, 0.2) is 39.8 Å². The molecule has 0 bridgehead atoms. The molecule has 2 rings (SSSR count). The number of carbonyl (C=O) groups is 2. The summed E-state index contributed by atoms with van der Waals surface area (Å²) in [5, 5.41) is 8.65.